The minimum Gasteiger partial charge on any atom is -0.503 e. The maximum Gasteiger partial charge on any atom is 0.202 e. The second-order valence-electron chi connectivity index (χ2n) is 2.90. The summed E-state index contributed by atoms with van der Waals surface area (Å²) >= 11 is 3.86. The van der Waals surface area contributed by atoms with E-state index in [9.17, 15) is 15.3 Å². The molecule has 1 rings (SSSR count). The molecule has 15 heavy (non-hydrogen) atoms. The monoisotopic (exact) mass is 436 g/mol. The first kappa shape index (κ1) is 13.1. The Morgan fingerprint density at radius 3 is 1.87 bits per heavy atom. The Morgan fingerprint density at radius 2 is 1.47 bits per heavy atom. The van der Waals surface area contributed by atoms with E-state index in [-0.39, 0.29) is 11.5 Å². The summed E-state index contributed by atoms with van der Waals surface area (Å²) < 4.78 is 6.02. The summed E-state index contributed by atoms with van der Waals surface area (Å²) in [6, 6.07) is 0. The number of hydrogen-bond donors (Lipinski definition) is 3. The van der Waals surface area contributed by atoms with Gasteiger partial charge >= 0.3 is 0 Å². The van der Waals surface area contributed by atoms with Crippen LogP contribution in [0.1, 0.15) is 5.56 Å². The summed E-state index contributed by atoms with van der Waals surface area (Å²) in [6.07, 6.45) is 0.578. The normalized spacial score (nSPS) is 10.6. The molecular weight excluding hydrogens is 426 g/mol. The predicted octanol–water partition coefficient (Wildman–Crippen LogP) is 2.20. The van der Waals surface area contributed by atoms with E-state index >= 15 is 0 Å². The number of methoxy groups -OCH3 is 1. The largest absolute Gasteiger partial charge is 0.503 e. The Morgan fingerprint density at radius 1 is 1.00 bits per heavy atom. The zero-order valence-electron chi connectivity index (χ0n) is 7.92. The van der Waals surface area contributed by atoms with E-state index in [0.29, 0.717) is 20.2 Å². The van der Waals surface area contributed by atoms with Gasteiger partial charge in [0.15, 0.2) is 11.5 Å². The molecule has 0 atom stereocenters. The summed E-state index contributed by atoms with van der Waals surface area (Å²) in [5.74, 6) is -1.02. The highest BCUT2D eigenvalue weighted by atomic mass is 127. The van der Waals surface area contributed by atoms with Gasteiger partial charge in [-0.3, -0.25) is 0 Å². The van der Waals surface area contributed by atoms with Crippen molar-refractivity contribution in [2.24, 2.45) is 0 Å². The lowest BCUT2D eigenvalue weighted by atomic mass is 10.1. The molecule has 0 saturated heterocycles. The summed E-state index contributed by atoms with van der Waals surface area (Å²) in [5.41, 5.74) is 0.783. The lowest BCUT2D eigenvalue weighted by Gasteiger charge is -2.12. The lowest BCUT2D eigenvalue weighted by Crippen LogP contribution is -2.00. The number of ether oxygens (including phenoxy) is 1. The number of aromatic hydroxyl groups is 3. The van der Waals surface area contributed by atoms with E-state index in [2.05, 4.69) is 0 Å². The SMILES string of the molecule is COCCc1c(I)c(O)c(O)c(O)c1I. The van der Waals surface area contributed by atoms with Gasteiger partial charge in [-0.05, 0) is 57.2 Å². The molecule has 4 nitrogen and oxygen atoms in total. The molecule has 0 spiro atoms. The van der Waals surface area contributed by atoms with Crippen LogP contribution < -0.4 is 0 Å². The van der Waals surface area contributed by atoms with Crippen LogP contribution >= 0.6 is 45.2 Å². The third kappa shape index (κ3) is 2.59. The van der Waals surface area contributed by atoms with Crippen LogP contribution in [0.2, 0.25) is 0 Å². The number of phenolic OH excluding ortho intramolecular Hbond substituents is 3. The molecule has 0 radical (unpaired) electrons. The molecule has 0 bridgehead atoms. The lowest BCUT2D eigenvalue weighted by molar-refractivity contribution is 0.201. The summed E-state index contributed by atoms with van der Waals surface area (Å²) in [6.45, 7) is 0.496. The second kappa shape index (κ2) is 5.39. The molecule has 0 amide bonds. The molecule has 0 aromatic heterocycles. The van der Waals surface area contributed by atoms with E-state index in [1.807, 2.05) is 45.2 Å². The molecule has 1 aromatic rings. The van der Waals surface area contributed by atoms with Crippen molar-refractivity contribution in [2.45, 2.75) is 6.42 Å². The molecule has 84 valence electrons. The summed E-state index contributed by atoms with van der Waals surface area (Å²) in [5, 5.41) is 28.4. The second-order valence-corrected chi connectivity index (χ2v) is 5.05. The van der Waals surface area contributed by atoms with E-state index in [4.69, 9.17) is 4.74 Å². The fourth-order valence-corrected chi connectivity index (χ4v) is 3.23. The summed E-state index contributed by atoms with van der Waals surface area (Å²) in [4.78, 5) is 0. The van der Waals surface area contributed by atoms with Crippen LogP contribution in [0.25, 0.3) is 0 Å². The Kier molecular flexibility index (Phi) is 4.71. The Balaban J connectivity index is 3.26. The van der Waals surface area contributed by atoms with Crippen molar-refractivity contribution in [3.05, 3.63) is 12.7 Å². The molecule has 0 aliphatic carbocycles. The van der Waals surface area contributed by atoms with Crippen LogP contribution in [0, 0.1) is 7.14 Å². The average Bonchev–Trinajstić information content (AvgIpc) is 2.24. The van der Waals surface area contributed by atoms with Gasteiger partial charge in [0.1, 0.15) is 0 Å². The summed E-state index contributed by atoms with van der Waals surface area (Å²) in [7, 11) is 1.58. The van der Waals surface area contributed by atoms with Gasteiger partial charge in [0.05, 0.1) is 13.7 Å². The molecule has 3 N–H and O–H groups in total. The first-order chi connectivity index (χ1) is 7.00. The Labute approximate surface area is 115 Å². The fourth-order valence-electron chi connectivity index (χ4n) is 1.13. The van der Waals surface area contributed by atoms with Crippen molar-refractivity contribution in [1.82, 2.24) is 0 Å². The third-order valence-electron chi connectivity index (χ3n) is 1.95. The van der Waals surface area contributed by atoms with Gasteiger partial charge in [0, 0.05) is 7.11 Å². The topological polar surface area (TPSA) is 69.9 Å². The number of halogens is 2. The van der Waals surface area contributed by atoms with Gasteiger partial charge in [-0.2, -0.15) is 0 Å². The Bertz CT molecular complexity index is 350. The van der Waals surface area contributed by atoms with Crippen molar-refractivity contribution >= 4 is 45.2 Å². The van der Waals surface area contributed by atoms with Gasteiger partial charge in [0.25, 0.3) is 0 Å². The minimum atomic E-state index is -0.468. The van der Waals surface area contributed by atoms with E-state index in [1.165, 1.54) is 0 Å². The standard InChI is InChI=1S/C9H10I2O4/c1-15-3-2-4-5(10)7(12)9(14)8(13)6(4)11/h12-14H,2-3H2,1H3. The highest BCUT2D eigenvalue weighted by Gasteiger charge is 2.19. The van der Waals surface area contributed by atoms with Gasteiger partial charge in [-0.1, -0.05) is 0 Å². The van der Waals surface area contributed by atoms with Crippen LogP contribution in [-0.4, -0.2) is 29.0 Å². The molecule has 0 heterocycles. The van der Waals surface area contributed by atoms with Crippen molar-refractivity contribution in [3.8, 4) is 17.2 Å². The number of benzene rings is 1. The van der Waals surface area contributed by atoms with Crippen molar-refractivity contribution in [1.29, 1.82) is 0 Å². The van der Waals surface area contributed by atoms with Crippen LogP contribution in [0.15, 0.2) is 0 Å². The maximum atomic E-state index is 9.53. The van der Waals surface area contributed by atoms with E-state index in [0.717, 1.165) is 5.56 Å². The molecule has 1 aromatic carbocycles. The van der Waals surface area contributed by atoms with Crippen LogP contribution in [0.4, 0.5) is 0 Å². The zero-order valence-corrected chi connectivity index (χ0v) is 12.2. The van der Waals surface area contributed by atoms with Gasteiger partial charge < -0.3 is 20.1 Å². The quantitative estimate of drug-likeness (QED) is 0.503. The third-order valence-corrected chi connectivity index (χ3v) is 4.27. The van der Waals surface area contributed by atoms with Crippen LogP contribution in [0.3, 0.4) is 0 Å². The zero-order chi connectivity index (χ0) is 11.6. The highest BCUT2D eigenvalue weighted by molar-refractivity contribution is 14.1. The first-order valence-electron chi connectivity index (χ1n) is 4.10. The van der Waals surface area contributed by atoms with E-state index < -0.39 is 5.75 Å². The Hall–Kier alpha value is 0.0400. The van der Waals surface area contributed by atoms with Crippen molar-refractivity contribution in [3.63, 3.8) is 0 Å². The molecule has 0 aliphatic heterocycles. The van der Waals surface area contributed by atoms with Gasteiger partial charge in [0.2, 0.25) is 5.75 Å². The molecule has 0 fully saturated rings. The molecule has 0 unspecified atom stereocenters. The molecule has 0 aliphatic rings. The molecule has 6 heteroatoms. The van der Waals surface area contributed by atoms with Crippen molar-refractivity contribution < 1.29 is 20.1 Å². The predicted molar refractivity (Wildman–Crippen MR) is 72.5 cm³/mol. The minimum absolute atomic E-state index is 0.278. The smallest absolute Gasteiger partial charge is 0.202 e. The van der Waals surface area contributed by atoms with E-state index in [1.54, 1.807) is 7.11 Å². The molecular formula is C9H10I2O4. The molecule has 0 saturated carbocycles. The van der Waals surface area contributed by atoms with Gasteiger partial charge in [-0.25, -0.2) is 0 Å². The maximum absolute atomic E-state index is 9.53. The fraction of sp³-hybridized carbons (Fsp3) is 0.333. The van der Waals surface area contributed by atoms with Gasteiger partial charge in [-0.15, -0.1) is 0 Å². The number of hydrogen-bond acceptors (Lipinski definition) is 4. The number of phenols is 3. The first-order valence-corrected chi connectivity index (χ1v) is 6.26. The van der Waals surface area contributed by atoms with Crippen molar-refractivity contribution in [2.75, 3.05) is 13.7 Å². The average molecular weight is 436 g/mol. The highest BCUT2D eigenvalue weighted by Crippen LogP contribution is 2.44. The van der Waals surface area contributed by atoms with Crippen LogP contribution in [0.5, 0.6) is 17.2 Å². The number of rotatable bonds is 3. The van der Waals surface area contributed by atoms with Crippen LogP contribution in [-0.2, 0) is 11.2 Å².